The van der Waals surface area contributed by atoms with Crippen molar-refractivity contribution in [3.8, 4) is 0 Å². The fourth-order valence-corrected chi connectivity index (χ4v) is 2.55. The molecule has 4 nitrogen and oxygen atoms in total. The maximum atomic E-state index is 11.3. The number of aliphatic carboxylic acids is 1. The summed E-state index contributed by atoms with van der Waals surface area (Å²) in [5.41, 5.74) is -0.484. The summed E-state index contributed by atoms with van der Waals surface area (Å²) in [6.07, 6.45) is 3.52. The summed E-state index contributed by atoms with van der Waals surface area (Å²) in [4.78, 5) is 13.6. The Morgan fingerprint density at radius 3 is 2.88 bits per heavy atom. The van der Waals surface area contributed by atoms with Gasteiger partial charge >= 0.3 is 5.97 Å². The van der Waals surface area contributed by atoms with Gasteiger partial charge in [-0.05, 0) is 25.8 Å². The molecule has 16 heavy (non-hydrogen) atoms. The number of carboxylic acid groups (broad SMARTS) is 1. The van der Waals surface area contributed by atoms with Crippen molar-refractivity contribution < 1.29 is 14.6 Å². The van der Waals surface area contributed by atoms with E-state index in [1.54, 1.807) is 7.11 Å². The first kappa shape index (κ1) is 13.5. The van der Waals surface area contributed by atoms with Crippen molar-refractivity contribution in [1.29, 1.82) is 0 Å². The SMILES string of the molecule is CCCC1(C(=O)O)CCN(CCCOC)C1. The molecule has 0 aromatic heterocycles. The number of ether oxygens (including phenoxy) is 1. The van der Waals surface area contributed by atoms with E-state index < -0.39 is 11.4 Å². The van der Waals surface area contributed by atoms with E-state index in [4.69, 9.17) is 4.74 Å². The van der Waals surface area contributed by atoms with Crippen LogP contribution in [0.2, 0.25) is 0 Å². The average molecular weight is 229 g/mol. The lowest BCUT2D eigenvalue weighted by atomic mass is 9.83. The predicted molar refractivity (Wildman–Crippen MR) is 62.5 cm³/mol. The fraction of sp³-hybridized carbons (Fsp3) is 0.917. The standard InChI is InChI=1S/C12H23NO3/c1-3-5-12(11(14)15)6-8-13(10-12)7-4-9-16-2/h3-10H2,1-2H3,(H,14,15). The van der Waals surface area contributed by atoms with E-state index in [1.165, 1.54) is 0 Å². The molecule has 1 atom stereocenters. The minimum Gasteiger partial charge on any atom is -0.481 e. The van der Waals surface area contributed by atoms with E-state index in [9.17, 15) is 9.90 Å². The molecule has 0 radical (unpaired) electrons. The number of nitrogens with zero attached hydrogens (tertiary/aromatic N) is 1. The van der Waals surface area contributed by atoms with E-state index in [0.717, 1.165) is 45.4 Å². The topological polar surface area (TPSA) is 49.8 Å². The van der Waals surface area contributed by atoms with Crippen LogP contribution in [0.4, 0.5) is 0 Å². The second-order valence-corrected chi connectivity index (χ2v) is 4.71. The summed E-state index contributed by atoms with van der Waals surface area (Å²) in [5.74, 6) is -0.622. The molecule has 1 rings (SSSR count). The highest BCUT2D eigenvalue weighted by molar-refractivity contribution is 5.75. The Morgan fingerprint density at radius 2 is 2.31 bits per heavy atom. The molecule has 1 aliphatic rings. The van der Waals surface area contributed by atoms with Crippen LogP contribution in [0.1, 0.15) is 32.6 Å². The summed E-state index contributed by atoms with van der Waals surface area (Å²) in [6.45, 7) is 5.38. The number of likely N-dealkylation sites (tertiary alicyclic amines) is 1. The van der Waals surface area contributed by atoms with Gasteiger partial charge in [-0.25, -0.2) is 0 Å². The van der Waals surface area contributed by atoms with E-state index in [0.29, 0.717) is 6.54 Å². The normalized spacial score (nSPS) is 26.1. The molecule has 1 fully saturated rings. The Morgan fingerprint density at radius 1 is 1.56 bits per heavy atom. The van der Waals surface area contributed by atoms with Gasteiger partial charge in [-0.1, -0.05) is 13.3 Å². The number of carbonyl (C=O) groups is 1. The molecule has 94 valence electrons. The Balaban J connectivity index is 2.43. The molecule has 0 amide bonds. The molecule has 0 bridgehead atoms. The first-order valence-electron chi connectivity index (χ1n) is 6.09. The highest BCUT2D eigenvalue weighted by Gasteiger charge is 2.43. The van der Waals surface area contributed by atoms with Gasteiger partial charge in [-0.3, -0.25) is 4.79 Å². The number of methoxy groups -OCH3 is 1. The Bertz CT molecular complexity index is 232. The van der Waals surface area contributed by atoms with Gasteiger partial charge in [0.25, 0.3) is 0 Å². The largest absolute Gasteiger partial charge is 0.481 e. The van der Waals surface area contributed by atoms with Crippen molar-refractivity contribution >= 4 is 5.97 Å². The summed E-state index contributed by atoms with van der Waals surface area (Å²) in [5, 5.41) is 9.33. The molecular weight excluding hydrogens is 206 g/mol. The van der Waals surface area contributed by atoms with Gasteiger partial charge < -0.3 is 14.7 Å². The van der Waals surface area contributed by atoms with E-state index in [1.807, 2.05) is 0 Å². The second kappa shape index (κ2) is 6.21. The molecule has 1 aliphatic heterocycles. The maximum Gasteiger partial charge on any atom is 0.310 e. The third-order valence-corrected chi connectivity index (χ3v) is 3.44. The van der Waals surface area contributed by atoms with Crippen LogP contribution in [-0.4, -0.2) is 49.3 Å². The molecule has 0 spiro atoms. The van der Waals surface area contributed by atoms with Gasteiger partial charge in [-0.15, -0.1) is 0 Å². The minimum atomic E-state index is -0.622. The Hall–Kier alpha value is -0.610. The number of rotatable bonds is 7. The molecule has 0 saturated carbocycles. The van der Waals surface area contributed by atoms with Crippen LogP contribution in [0.3, 0.4) is 0 Å². The van der Waals surface area contributed by atoms with Crippen molar-refractivity contribution in [3.05, 3.63) is 0 Å². The molecule has 1 unspecified atom stereocenters. The lowest BCUT2D eigenvalue weighted by Gasteiger charge is -2.24. The van der Waals surface area contributed by atoms with E-state index >= 15 is 0 Å². The quantitative estimate of drug-likeness (QED) is 0.674. The number of hydrogen-bond donors (Lipinski definition) is 1. The van der Waals surface area contributed by atoms with Crippen molar-refractivity contribution in [3.63, 3.8) is 0 Å². The van der Waals surface area contributed by atoms with Gasteiger partial charge in [0.05, 0.1) is 5.41 Å². The summed E-state index contributed by atoms with van der Waals surface area (Å²) < 4.78 is 5.01. The Labute approximate surface area is 97.6 Å². The molecule has 1 saturated heterocycles. The average Bonchev–Trinajstić information content (AvgIpc) is 2.64. The van der Waals surface area contributed by atoms with E-state index in [-0.39, 0.29) is 0 Å². The van der Waals surface area contributed by atoms with Crippen LogP contribution in [0.25, 0.3) is 0 Å². The van der Waals surface area contributed by atoms with Crippen LogP contribution in [0, 0.1) is 5.41 Å². The third kappa shape index (κ3) is 3.19. The minimum absolute atomic E-state index is 0.484. The van der Waals surface area contributed by atoms with Crippen LogP contribution in [0.15, 0.2) is 0 Å². The molecular formula is C12H23NO3. The Kier molecular flexibility index (Phi) is 5.22. The molecule has 0 aliphatic carbocycles. The van der Waals surface area contributed by atoms with Crippen LogP contribution >= 0.6 is 0 Å². The molecule has 4 heteroatoms. The lowest BCUT2D eigenvalue weighted by molar-refractivity contribution is -0.148. The highest BCUT2D eigenvalue weighted by atomic mass is 16.5. The van der Waals surface area contributed by atoms with Gasteiger partial charge in [0.15, 0.2) is 0 Å². The van der Waals surface area contributed by atoms with E-state index in [2.05, 4.69) is 11.8 Å². The summed E-state index contributed by atoms with van der Waals surface area (Å²) in [7, 11) is 1.70. The predicted octanol–water partition coefficient (Wildman–Crippen LogP) is 1.60. The lowest BCUT2D eigenvalue weighted by Crippen LogP contribution is -2.35. The molecule has 1 heterocycles. The molecule has 0 aromatic carbocycles. The zero-order valence-corrected chi connectivity index (χ0v) is 10.4. The summed E-state index contributed by atoms with van der Waals surface area (Å²) in [6, 6.07) is 0. The van der Waals surface area contributed by atoms with Gasteiger partial charge in [-0.2, -0.15) is 0 Å². The smallest absolute Gasteiger partial charge is 0.310 e. The van der Waals surface area contributed by atoms with Gasteiger partial charge in [0, 0.05) is 26.8 Å². The van der Waals surface area contributed by atoms with Crippen molar-refractivity contribution in [2.24, 2.45) is 5.41 Å². The molecule has 1 N–H and O–H groups in total. The van der Waals surface area contributed by atoms with Gasteiger partial charge in [0.1, 0.15) is 0 Å². The van der Waals surface area contributed by atoms with Crippen LogP contribution in [-0.2, 0) is 9.53 Å². The van der Waals surface area contributed by atoms with Crippen LogP contribution in [0.5, 0.6) is 0 Å². The third-order valence-electron chi connectivity index (χ3n) is 3.44. The first-order chi connectivity index (χ1) is 7.64. The van der Waals surface area contributed by atoms with Crippen molar-refractivity contribution in [2.45, 2.75) is 32.6 Å². The van der Waals surface area contributed by atoms with Crippen LogP contribution < -0.4 is 0 Å². The maximum absolute atomic E-state index is 11.3. The zero-order chi connectivity index (χ0) is 12.0. The second-order valence-electron chi connectivity index (χ2n) is 4.71. The monoisotopic (exact) mass is 229 g/mol. The number of hydrogen-bond acceptors (Lipinski definition) is 3. The van der Waals surface area contributed by atoms with Crippen molar-refractivity contribution in [1.82, 2.24) is 4.90 Å². The zero-order valence-electron chi connectivity index (χ0n) is 10.4. The summed E-state index contributed by atoms with van der Waals surface area (Å²) >= 11 is 0. The van der Waals surface area contributed by atoms with Gasteiger partial charge in [0.2, 0.25) is 0 Å². The van der Waals surface area contributed by atoms with Crippen molar-refractivity contribution in [2.75, 3.05) is 33.4 Å². The highest BCUT2D eigenvalue weighted by Crippen LogP contribution is 2.35. The first-order valence-corrected chi connectivity index (χ1v) is 6.09. The molecule has 0 aromatic rings. The fourth-order valence-electron chi connectivity index (χ4n) is 2.55. The number of carboxylic acids is 1.